The van der Waals surface area contributed by atoms with Gasteiger partial charge in [0.2, 0.25) is 0 Å². The highest BCUT2D eigenvalue weighted by Crippen LogP contribution is 2.42. The maximum atomic E-state index is 6.27. The number of para-hydroxylation sites is 4. The van der Waals surface area contributed by atoms with E-state index < -0.39 is 0 Å². The lowest BCUT2D eigenvalue weighted by Crippen LogP contribution is -1.93. The van der Waals surface area contributed by atoms with E-state index in [1.54, 1.807) is 0 Å². The first-order valence-electron chi connectivity index (χ1n) is 16.1. The van der Waals surface area contributed by atoms with Crippen molar-refractivity contribution in [3.63, 3.8) is 0 Å². The molecule has 0 amide bonds. The monoisotopic (exact) mass is 631 g/mol. The van der Waals surface area contributed by atoms with Crippen LogP contribution in [0.3, 0.4) is 0 Å². The molecule has 4 heterocycles. The smallest absolute Gasteiger partial charge is 0.307 e. The summed E-state index contributed by atoms with van der Waals surface area (Å²) < 4.78 is 13.5. The zero-order chi connectivity index (χ0) is 31.3. The molecule has 0 saturated carbocycles. The van der Waals surface area contributed by atoms with Crippen molar-refractivity contribution in [2.75, 3.05) is 0 Å². The fraction of sp³-hybridized carbons (Fsp3) is 0. The molecule has 0 N–H and O–H groups in total. The molecule has 5 heteroatoms. The van der Waals surface area contributed by atoms with E-state index in [2.05, 4.69) is 137 Å². The van der Waals surface area contributed by atoms with Gasteiger partial charge in [0, 0.05) is 47.4 Å². The standard InChI is InChI=1S/C43H25N3OS/c1-2-10-28(11-3-1)45-37-20-18-27(23-32(37)33-24-34-30-13-5-9-17-41(30)48-42(34)25-39(33)45)26-19-21-38-31(22-26)29-12-4-7-15-36(29)46(38)43-44-35-14-6-8-16-40(35)47-43/h1-25H. The highest BCUT2D eigenvalue weighted by atomic mass is 32.1. The fourth-order valence-electron chi connectivity index (χ4n) is 7.59. The molecular formula is C43H25N3OS. The normalized spacial score (nSPS) is 12.2. The molecule has 11 aromatic rings. The SMILES string of the molecule is c1ccc(-n2c3ccc(-c4ccc5c(c4)c4ccccc4n5-c4nc5ccccc5o4)cc3c3cc4c(cc32)sc2ccccc24)cc1. The molecule has 48 heavy (non-hydrogen) atoms. The second-order valence-electron chi connectivity index (χ2n) is 12.4. The molecule has 4 nitrogen and oxygen atoms in total. The molecular weight excluding hydrogens is 607 g/mol. The van der Waals surface area contributed by atoms with Gasteiger partial charge in [0.15, 0.2) is 5.58 Å². The molecule has 0 radical (unpaired) electrons. The summed E-state index contributed by atoms with van der Waals surface area (Å²) in [4.78, 5) is 4.86. The Kier molecular flexibility index (Phi) is 5.23. The van der Waals surface area contributed by atoms with Crippen molar-refractivity contribution >= 4 is 86.2 Å². The zero-order valence-electron chi connectivity index (χ0n) is 25.6. The van der Waals surface area contributed by atoms with Gasteiger partial charge in [-0.1, -0.05) is 78.9 Å². The van der Waals surface area contributed by atoms with E-state index in [-0.39, 0.29) is 0 Å². The molecule has 0 atom stereocenters. The van der Waals surface area contributed by atoms with Crippen molar-refractivity contribution < 1.29 is 4.42 Å². The van der Waals surface area contributed by atoms with E-state index in [1.807, 2.05) is 35.6 Å². The molecule has 11 rings (SSSR count). The fourth-order valence-corrected chi connectivity index (χ4v) is 8.71. The third-order valence-corrected chi connectivity index (χ3v) is 10.9. The molecule has 0 aliphatic rings. The molecule has 224 valence electrons. The van der Waals surface area contributed by atoms with Crippen LogP contribution in [0.2, 0.25) is 0 Å². The van der Waals surface area contributed by atoms with Crippen LogP contribution in [0.5, 0.6) is 0 Å². The van der Waals surface area contributed by atoms with Crippen LogP contribution in [0.4, 0.5) is 0 Å². The van der Waals surface area contributed by atoms with Gasteiger partial charge in [0.05, 0.1) is 22.1 Å². The number of thiophene rings is 1. The average molecular weight is 632 g/mol. The van der Waals surface area contributed by atoms with Crippen molar-refractivity contribution in [2.45, 2.75) is 0 Å². The number of aromatic nitrogens is 3. The quantitative estimate of drug-likeness (QED) is 0.194. The summed E-state index contributed by atoms with van der Waals surface area (Å²) in [6, 6.07) is 54.9. The second kappa shape index (κ2) is 9.67. The number of rotatable bonds is 3. The van der Waals surface area contributed by atoms with Crippen LogP contribution in [0.15, 0.2) is 156 Å². The Morgan fingerprint density at radius 1 is 0.438 bits per heavy atom. The van der Waals surface area contributed by atoms with Crippen LogP contribution in [0.25, 0.3) is 97.7 Å². The Morgan fingerprint density at radius 2 is 1.08 bits per heavy atom. The molecule has 0 saturated heterocycles. The van der Waals surface area contributed by atoms with E-state index in [1.165, 1.54) is 69.6 Å². The predicted octanol–water partition coefficient (Wildman–Crippen LogP) is 12.1. The minimum atomic E-state index is 0.581. The van der Waals surface area contributed by atoms with E-state index in [9.17, 15) is 0 Å². The third kappa shape index (κ3) is 3.62. The highest BCUT2D eigenvalue weighted by molar-refractivity contribution is 7.25. The Morgan fingerprint density at radius 3 is 1.92 bits per heavy atom. The molecule has 0 unspecified atom stereocenters. The maximum absolute atomic E-state index is 6.27. The minimum absolute atomic E-state index is 0.581. The average Bonchev–Trinajstić information content (AvgIpc) is 3.89. The maximum Gasteiger partial charge on any atom is 0.307 e. The lowest BCUT2D eigenvalue weighted by atomic mass is 10.00. The number of nitrogens with zero attached hydrogens (tertiary/aromatic N) is 3. The largest absolute Gasteiger partial charge is 0.423 e. The van der Waals surface area contributed by atoms with E-state index >= 15 is 0 Å². The second-order valence-corrected chi connectivity index (χ2v) is 13.5. The van der Waals surface area contributed by atoms with Gasteiger partial charge in [-0.3, -0.25) is 4.57 Å². The highest BCUT2D eigenvalue weighted by Gasteiger charge is 2.19. The number of hydrogen-bond donors (Lipinski definition) is 0. The lowest BCUT2D eigenvalue weighted by Gasteiger charge is -2.08. The topological polar surface area (TPSA) is 35.9 Å². The van der Waals surface area contributed by atoms with E-state index in [0.717, 1.165) is 22.1 Å². The van der Waals surface area contributed by atoms with Gasteiger partial charge in [0.25, 0.3) is 0 Å². The number of fused-ring (bicyclic) bond motifs is 10. The van der Waals surface area contributed by atoms with Gasteiger partial charge in [0.1, 0.15) is 5.52 Å². The summed E-state index contributed by atoms with van der Waals surface area (Å²) in [7, 11) is 0. The number of benzene rings is 7. The van der Waals surface area contributed by atoms with Gasteiger partial charge in [-0.15, -0.1) is 11.3 Å². The van der Waals surface area contributed by atoms with Crippen molar-refractivity contribution in [3.05, 3.63) is 152 Å². The van der Waals surface area contributed by atoms with Gasteiger partial charge >= 0.3 is 6.01 Å². The van der Waals surface area contributed by atoms with Gasteiger partial charge in [-0.25, -0.2) is 0 Å². The van der Waals surface area contributed by atoms with Crippen LogP contribution in [0.1, 0.15) is 0 Å². The van der Waals surface area contributed by atoms with Crippen LogP contribution in [0, 0.1) is 0 Å². The van der Waals surface area contributed by atoms with Crippen LogP contribution < -0.4 is 0 Å². The van der Waals surface area contributed by atoms with E-state index in [0.29, 0.717) is 6.01 Å². The first-order chi connectivity index (χ1) is 23.8. The Bertz CT molecular complexity index is 3030. The Hall–Kier alpha value is -6.17. The van der Waals surface area contributed by atoms with Crippen molar-refractivity contribution in [1.29, 1.82) is 0 Å². The molecule has 0 aliphatic carbocycles. The summed E-state index contributed by atoms with van der Waals surface area (Å²) in [5.41, 5.74) is 9.73. The molecule has 0 fully saturated rings. The summed E-state index contributed by atoms with van der Waals surface area (Å²) in [5.74, 6) is 0. The van der Waals surface area contributed by atoms with Gasteiger partial charge in [-0.05, 0) is 83.9 Å². The summed E-state index contributed by atoms with van der Waals surface area (Å²) in [5, 5.41) is 7.48. The molecule has 0 bridgehead atoms. The first kappa shape index (κ1) is 26.0. The number of hydrogen-bond acceptors (Lipinski definition) is 3. The van der Waals surface area contributed by atoms with Crippen LogP contribution in [-0.4, -0.2) is 14.1 Å². The molecule has 0 spiro atoms. The van der Waals surface area contributed by atoms with Crippen molar-refractivity contribution in [1.82, 2.24) is 14.1 Å². The summed E-state index contributed by atoms with van der Waals surface area (Å²) in [6.45, 7) is 0. The van der Waals surface area contributed by atoms with Crippen molar-refractivity contribution in [3.8, 4) is 22.8 Å². The molecule has 4 aromatic heterocycles. The molecule has 0 aliphatic heterocycles. The minimum Gasteiger partial charge on any atom is -0.423 e. The van der Waals surface area contributed by atoms with Gasteiger partial charge < -0.3 is 8.98 Å². The molecule has 7 aromatic carbocycles. The predicted molar refractivity (Wildman–Crippen MR) is 201 cm³/mol. The lowest BCUT2D eigenvalue weighted by molar-refractivity contribution is 0.574. The Labute approximate surface area is 278 Å². The first-order valence-corrected chi connectivity index (χ1v) is 16.9. The van der Waals surface area contributed by atoms with Crippen molar-refractivity contribution in [2.24, 2.45) is 0 Å². The van der Waals surface area contributed by atoms with E-state index in [4.69, 9.17) is 9.40 Å². The van der Waals surface area contributed by atoms with Gasteiger partial charge in [-0.2, -0.15) is 4.98 Å². The van der Waals surface area contributed by atoms with Crippen LogP contribution in [-0.2, 0) is 0 Å². The van der Waals surface area contributed by atoms with Crippen LogP contribution >= 0.6 is 11.3 Å². The number of oxazole rings is 1. The summed E-state index contributed by atoms with van der Waals surface area (Å²) >= 11 is 1.87. The Balaban J connectivity index is 1.16. The summed E-state index contributed by atoms with van der Waals surface area (Å²) in [6.07, 6.45) is 0. The third-order valence-electron chi connectivity index (χ3n) is 9.76. The zero-order valence-corrected chi connectivity index (χ0v) is 26.4.